The highest BCUT2D eigenvalue weighted by Crippen LogP contribution is 2.56. The molecule has 2 aromatic rings. The van der Waals surface area contributed by atoms with E-state index < -0.39 is 0 Å². The molecule has 8 heteroatoms. The Labute approximate surface area is 146 Å². The summed E-state index contributed by atoms with van der Waals surface area (Å²) in [7, 11) is 0. The first-order valence-electron chi connectivity index (χ1n) is 8.89. The van der Waals surface area contributed by atoms with Gasteiger partial charge in [-0.3, -0.25) is 4.90 Å². The van der Waals surface area contributed by atoms with Gasteiger partial charge in [0, 0.05) is 24.2 Å². The van der Waals surface area contributed by atoms with Gasteiger partial charge in [0.1, 0.15) is 5.01 Å². The van der Waals surface area contributed by atoms with Gasteiger partial charge in [0.15, 0.2) is 5.82 Å². The van der Waals surface area contributed by atoms with Gasteiger partial charge in [-0.15, -0.1) is 16.4 Å². The second-order valence-corrected chi connectivity index (χ2v) is 7.96. The number of nitrogens with one attached hydrogen (secondary N) is 1. The van der Waals surface area contributed by atoms with Crippen LogP contribution in [0.2, 0.25) is 0 Å². The van der Waals surface area contributed by atoms with Gasteiger partial charge in [0.2, 0.25) is 0 Å². The average molecular weight is 347 g/mol. The molecule has 2 fully saturated rings. The molecule has 1 spiro atoms. The van der Waals surface area contributed by atoms with Crippen molar-refractivity contribution in [3.63, 3.8) is 0 Å². The Morgan fingerprint density at radius 3 is 3.00 bits per heavy atom. The third-order valence-corrected chi connectivity index (χ3v) is 6.16. The second-order valence-electron chi connectivity index (χ2n) is 6.98. The fraction of sp³-hybridized carbons (Fsp3) is 0.750. The van der Waals surface area contributed by atoms with E-state index in [4.69, 9.17) is 0 Å². The topological polar surface area (TPSA) is 71.8 Å². The maximum absolute atomic E-state index is 4.49. The number of hydrogen-bond acceptors (Lipinski definition) is 7. The quantitative estimate of drug-likeness (QED) is 0.822. The van der Waals surface area contributed by atoms with Crippen LogP contribution in [0.1, 0.15) is 43.4 Å². The first-order chi connectivity index (χ1) is 11.8. The number of thiazole rings is 1. The molecule has 1 aliphatic carbocycles. The predicted octanol–water partition coefficient (Wildman–Crippen LogP) is 1.68. The van der Waals surface area contributed by atoms with Crippen LogP contribution in [0.15, 0.2) is 11.6 Å². The number of aryl methyl sites for hydroxylation is 1. The zero-order chi connectivity index (χ0) is 16.4. The minimum Gasteiger partial charge on any atom is -0.317 e. The zero-order valence-corrected chi connectivity index (χ0v) is 15.0. The maximum atomic E-state index is 4.49. The van der Waals surface area contributed by atoms with E-state index in [1.165, 1.54) is 24.3 Å². The number of nitrogens with zero attached hydrogens (tertiary/aromatic N) is 6. The van der Waals surface area contributed by atoms with Crippen molar-refractivity contribution in [1.82, 2.24) is 35.4 Å². The largest absolute Gasteiger partial charge is 0.317 e. The van der Waals surface area contributed by atoms with Crippen molar-refractivity contribution >= 4 is 11.3 Å². The monoisotopic (exact) mass is 347 g/mol. The molecular weight excluding hydrogens is 322 g/mol. The second kappa shape index (κ2) is 6.85. The van der Waals surface area contributed by atoms with E-state index in [0.717, 1.165) is 45.0 Å². The number of tetrazole rings is 1. The van der Waals surface area contributed by atoms with Crippen LogP contribution in [0.3, 0.4) is 0 Å². The first kappa shape index (κ1) is 16.1. The third kappa shape index (κ3) is 3.22. The van der Waals surface area contributed by atoms with Crippen LogP contribution in [0.25, 0.3) is 0 Å². The predicted molar refractivity (Wildman–Crippen MR) is 92.4 cm³/mol. The summed E-state index contributed by atoms with van der Waals surface area (Å²) in [4.78, 5) is 7.05. The van der Waals surface area contributed by atoms with E-state index in [-0.39, 0.29) is 0 Å². The highest BCUT2D eigenvalue weighted by atomic mass is 32.1. The molecule has 2 aliphatic rings. The molecular formula is C16H25N7S. The average Bonchev–Trinajstić information content (AvgIpc) is 2.98. The molecule has 130 valence electrons. The Kier molecular flexibility index (Phi) is 4.60. The summed E-state index contributed by atoms with van der Waals surface area (Å²) in [6, 6.07) is 0.635. The minimum absolute atomic E-state index is 0.506. The van der Waals surface area contributed by atoms with Crippen molar-refractivity contribution in [2.45, 2.75) is 58.3 Å². The van der Waals surface area contributed by atoms with Crippen LogP contribution in [-0.2, 0) is 19.6 Å². The molecule has 0 aromatic carbocycles. The molecule has 4 rings (SSSR count). The molecule has 0 radical (unpaired) electrons. The molecule has 1 atom stereocenters. The smallest absolute Gasteiger partial charge is 0.165 e. The Balaban J connectivity index is 1.51. The van der Waals surface area contributed by atoms with Crippen LogP contribution in [0.4, 0.5) is 0 Å². The highest BCUT2D eigenvalue weighted by molar-refractivity contribution is 7.09. The van der Waals surface area contributed by atoms with Crippen LogP contribution in [0.5, 0.6) is 0 Å². The van der Waals surface area contributed by atoms with Gasteiger partial charge in [0.05, 0.1) is 13.1 Å². The third-order valence-electron chi connectivity index (χ3n) is 5.39. The Bertz CT molecular complexity index is 647. The van der Waals surface area contributed by atoms with Gasteiger partial charge in [-0.05, 0) is 54.6 Å². The molecule has 0 amide bonds. The molecule has 1 aliphatic heterocycles. The van der Waals surface area contributed by atoms with Gasteiger partial charge < -0.3 is 5.32 Å². The van der Waals surface area contributed by atoms with Crippen LogP contribution < -0.4 is 5.32 Å². The molecule has 2 aromatic heterocycles. The molecule has 3 heterocycles. The normalized spacial score (nSPS) is 22.3. The minimum atomic E-state index is 0.506. The van der Waals surface area contributed by atoms with Gasteiger partial charge in [-0.1, -0.05) is 6.92 Å². The Morgan fingerprint density at radius 2 is 2.25 bits per heavy atom. The van der Waals surface area contributed by atoms with Crippen molar-refractivity contribution in [1.29, 1.82) is 0 Å². The van der Waals surface area contributed by atoms with Crippen molar-refractivity contribution in [2.75, 3.05) is 13.1 Å². The molecule has 0 unspecified atom stereocenters. The van der Waals surface area contributed by atoms with Crippen molar-refractivity contribution in [3.8, 4) is 0 Å². The van der Waals surface area contributed by atoms with Gasteiger partial charge in [0.25, 0.3) is 0 Å². The van der Waals surface area contributed by atoms with E-state index in [2.05, 4.69) is 43.0 Å². The fourth-order valence-corrected chi connectivity index (χ4v) is 4.63. The number of aromatic nitrogens is 5. The van der Waals surface area contributed by atoms with E-state index >= 15 is 0 Å². The molecule has 0 bridgehead atoms. The van der Waals surface area contributed by atoms with Crippen LogP contribution in [0, 0.1) is 5.41 Å². The van der Waals surface area contributed by atoms with E-state index in [0.29, 0.717) is 11.5 Å². The van der Waals surface area contributed by atoms with Crippen molar-refractivity contribution < 1.29 is 0 Å². The lowest BCUT2D eigenvalue weighted by atomic mass is 9.93. The summed E-state index contributed by atoms with van der Waals surface area (Å²) in [5.74, 6) is 0.976. The molecule has 24 heavy (non-hydrogen) atoms. The van der Waals surface area contributed by atoms with E-state index in [1.807, 2.05) is 10.9 Å². The fourth-order valence-electron chi connectivity index (χ4n) is 3.99. The van der Waals surface area contributed by atoms with Crippen LogP contribution >= 0.6 is 11.3 Å². The number of rotatable bonds is 7. The number of hydrogen-bond donors (Lipinski definition) is 1. The van der Waals surface area contributed by atoms with Gasteiger partial charge in [-0.2, -0.15) is 0 Å². The lowest BCUT2D eigenvalue weighted by Gasteiger charge is -2.28. The summed E-state index contributed by atoms with van der Waals surface area (Å²) in [5, 5.41) is 19.0. The SMILES string of the molecule is CCCn1nnnc1CN(Cc1nccs1)[C@@H]1CC12CCNCC2. The molecule has 1 N–H and O–H groups in total. The summed E-state index contributed by atoms with van der Waals surface area (Å²) in [6.45, 7) is 7.05. The first-order valence-corrected chi connectivity index (χ1v) is 9.77. The molecule has 1 saturated carbocycles. The summed E-state index contributed by atoms with van der Waals surface area (Å²) >= 11 is 1.74. The van der Waals surface area contributed by atoms with Crippen molar-refractivity contribution in [2.24, 2.45) is 5.41 Å². The summed E-state index contributed by atoms with van der Waals surface area (Å²) in [5.41, 5.74) is 0.506. The summed E-state index contributed by atoms with van der Waals surface area (Å²) < 4.78 is 1.95. The lowest BCUT2D eigenvalue weighted by molar-refractivity contribution is 0.181. The lowest BCUT2D eigenvalue weighted by Crippen LogP contribution is -2.36. The summed E-state index contributed by atoms with van der Waals surface area (Å²) in [6.07, 6.45) is 6.81. The zero-order valence-electron chi connectivity index (χ0n) is 14.2. The van der Waals surface area contributed by atoms with Crippen LogP contribution in [-0.4, -0.2) is 49.2 Å². The Morgan fingerprint density at radius 1 is 1.38 bits per heavy atom. The highest BCUT2D eigenvalue weighted by Gasteiger charge is 2.56. The Hall–Kier alpha value is -1.38. The maximum Gasteiger partial charge on any atom is 0.165 e. The van der Waals surface area contributed by atoms with E-state index in [9.17, 15) is 0 Å². The van der Waals surface area contributed by atoms with E-state index in [1.54, 1.807) is 11.3 Å². The molecule has 1 saturated heterocycles. The van der Waals surface area contributed by atoms with Crippen molar-refractivity contribution in [3.05, 3.63) is 22.4 Å². The number of piperidine rings is 1. The molecule has 7 nitrogen and oxygen atoms in total. The standard InChI is InChI=1S/C16H25N7S/c1-2-8-23-14(19-20-21-23)11-22(12-15-18-7-9-24-15)13-10-16(13)3-5-17-6-4-16/h7,9,13,17H,2-6,8,10-12H2,1H3/t13-/m1/s1. The van der Waals surface area contributed by atoms with Gasteiger partial charge in [-0.25, -0.2) is 9.67 Å². The van der Waals surface area contributed by atoms with Gasteiger partial charge >= 0.3 is 0 Å².